The third kappa shape index (κ3) is 2.94. The predicted octanol–water partition coefficient (Wildman–Crippen LogP) is 1.70. The number of rotatable bonds is 3. The van der Waals surface area contributed by atoms with E-state index in [2.05, 4.69) is 18.7 Å². The van der Waals surface area contributed by atoms with Crippen LogP contribution in [0.15, 0.2) is 0 Å². The van der Waals surface area contributed by atoms with Crippen LogP contribution >= 0.6 is 0 Å². The highest BCUT2D eigenvalue weighted by Crippen LogP contribution is 2.29. The van der Waals surface area contributed by atoms with Gasteiger partial charge in [-0.2, -0.15) is 0 Å². The second-order valence-electron chi connectivity index (χ2n) is 4.46. The first kappa shape index (κ1) is 9.72. The molecule has 0 amide bonds. The molecule has 0 aromatic carbocycles. The van der Waals surface area contributed by atoms with Crippen LogP contribution < -0.4 is 0 Å². The van der Waals surface area contributed by atoms with Crippen LogP contribution in [0.5, 0.6) is 0 Å². The minimum Gasteiger partial charge on any atom is -0.303 e. The largest absolute Gasteiger partial charge is 0.303 e. The Labute approximate surface area is 74.9 Å². The zero-order valence-electron chi connectivity index (χ0n) is 8.18. The monoisotopic (exact) mass is 169 g/mol. The van der Waals surface area contributed by atoms with E-state index in [9.17, 15) is 4.79 Å². The zero-order valence-corrected chi connectivity index (χ0v) is 8.18. The minimum absolute atomic E-state index is 0.525. The standard InChI is InChI=1S/C10H19NO/c1-10(2)4-7-11(8-5-10)6-3-9-12/h9H,3-8H2,1-2H3. The van der Waals surface area contributed by atoms with Crippen LogP contribution in [0.1, 0.15) is 33.1 Å². The molecule has 70 valence electrons. The predicted molar refractivity (Wildman–Crippen MR) is 50.1 cm³/mol. The third-order valence-corrected chi connectivity index (χ3v) is 2.77. The molecule has 0 bridgehead atoms. The van der Waals surface area contributed by atoms with E-state index in [1.165, 1.54) is 25.9 Å². The lowest BCUT2D eigenvalue weighted by Crippen LogP contribution is -2.37. The van der Waals surface area contributed by atoms with E-state index in [-0.39, 0.29) is 0 Å². The average molecular weight is 169 g/mol. The molecule has 1 aliphatic heterocycles. The summed E-state index contributed by atoms with van der Waals surface area (Å²) in [5.41, 5.74) is 0.525. The molecule has 2 nitrogen and oxygen atoms in total. The van der Waals surface area contributed by atoms with Crippen molar-refractivity contribution in [3.05, 3.63) is 0 Å². The number of piperidine rings is 1. The number of likely N-dealkylation sites (tertiary alicyclic amines) is 1. The molecule has 0 spiro atoms. The smallest absolute Gasteiger partial charge is 0.121 e. The molecular weight excluding hydrogens is 150 g/mol. The van der Waals surface area contributed by atoms with Crippen molar-refractivity contribution in [1.29, 1.82) is 0 Å². The molecule has 1 saturated heterocycles. The molecule has 2 heteroatoms. The van der Waals surface area contributed by atoms with Gasteiger partial charge in [0.25, 0.3) is 0 Å². The second kappa shape index (κ2) is 4.04. The van der Waals surface area contributed by atoms with Gasteiger partial charge in [0.2, 0.25) is 0 Å². The minimum atomic E-state index is 0.525. The number of carbonyl (C=O) groups is 1. The fourth-order valence-electron chi connectivity index (χ4n) is 1.62. The van der Waals surface area contributed by atoms with Crippen LogP contribution in [0.4, 0.5) is 0 Å². The maximum Gasteiger partial charge on any atom is 0.121 e. The van der Waals surface area contributed by atoms with Crippen LogP contribution in [0.25, 0.3) is 0 Å². The number of hydrogen-bond donors (Lipinski definition) is 0. The lowest BCUT2D eigenvalue weighted by Gasteiger charge is -2.36. The fraction of sp³-hybridized carbons (Fsp3) is 0.900. The third-order valence-electron chi connectivity index (χ3n) is 2.77. The lowest BCUT2D eigenvalue weighted by molar-refractivity contribution is -0.108. The highest BCUT2D eigenvalue weighted by atomic mass is 16.1. The SMILES string of the molecule is CC1(C)CCN(CCC=O)CC1. The summed E-state index contributed by atoms with van der Waals surface area (Å²) in [5, 5.41) is 0. The van der Waals surface area contributed by atoms with E-state index in [1.807, 2.05) is 0 Å². The van der Waals surface area contributed by atoms with Gasteiger partial charge in [0.15, 0.2) is 0 Å². The highest BCUT2D eigenvalue weighted by Gasteiger charge is 2.24. The van der Waals surface area contributed by atoms with Crippen molar-refractivity contribution in [3.63, 3.8) is 0 Å². The van der Waals surface area contributed by atoms with Crippen molar-refractivity contribution in [2.75, 3.05) is 19.6 Å². The molecule has 1 heterocycles. The van der Waals surface area contributed by atoms with E-state index in [0.717, 1.165) is 12.8 Å². The Morgan fingerprint density at radius 1 is 1.33 bits per heavy atom. The molecule has 1 rings (SSSR count). The van der Waals surface area contributed by atoms with Crippen LogP contribution in [-0.4, -0.2) is 30.8 Å². The van der Waals surface area contributed by atoms with Gasteiger partial charge < -0.3 is 9.69 Å². The molecule has 0 radical (unpaired) electrons. The Morgan fingerprint density at radius 2 is 1.92 bits per heavy atom. The molecular formula is C10H19NO. The van der Waals surface area contributed by atoms with Crippen LogP contribution in [0.3, 0.4) is 0 Å². The van der Waals surface area contributed by atoms with Crippen LogP contribution in [0, 0.1) is 5.41 Å². The first-order valence-electron chi connectivity index (χ1n) is 4.80. The molecule has 0 aliphatic carbocycles. The van der Waals surface area contributed by atoms with Crippen molar-refractivity contribution < 1.29 is 4.79 Å². The summed E-state index contributed by atoms with van der Waals surface area (Å²) >= 11 is 0. The van der Waals surface area contributed by atoms with Gasteiger partial charge in [0.05, 0.1) is 0 Å². The number of hydrogen-bond acceptors (Lipinski definition) is 2. The highest BCUT2D eigenvalue weighted by molar-refractivity contribution is 5.49. The number of aldehydes is 1. The van der Waals surface area contributed by atoms with Crippen molar-refractivity contribution in [1.82, 2.24) is 4.90 Å². The van der Waals surface area contributed by atoms with Gasteiger partial charge in [0, 0.05) is 13.0 Å². The van der Waals surface area contributed by atoms with E-state index < -0.39 is 0 Å². The molecule has 0 unspecified atom stereocenters. The summed E-state index contributed by atoms with van der Waals surface area (Å²) in [5.74, 6) is 0. The summed E-state index contributed by atoms with van der Waals surface area (Å²) < 4.78 is 0. The van der Waals surface area contributed by atoms with Gasteiger partial charge in [0.1, 0.15) is 6.29 Å². The van der Waals surface area contributed by atoms with E-state index in [0.29, 0.717) is 11.8 Å². The topological polar surface area (TPSA) is 20.3 Å². The lowest BCUT2D eigenvalue weighted by atomic mass is 9.83. The Kier molecular flexibility index (Phi) is 3.27. The van der Waals surface area contributed by atoms with Gasteiger partial charge in [-0.1, -0.05) is 13.8 Å². The molecule has 0 aromatic heterocycles. The van der Waals surface area contributed by atoms with Crippen molar-refractivity contribution in [2.45, 2.75) is 33.1 Å². The van der Waals surface area contributed by atoms with Gasteiger partial charge in [-0.15, -0.1) is 0 Å². The molecule has 12 heavy (non-hydrogen) atoms. The summed E-state index contributed by atoms with van der Waals surface area (Å²) in [7, 11) is 0. The maximum atomic E-state index is 10.1. The van der Waals surface area contributed by atoms with Crippen molar-refractivity contribution in [2.24, 2.45) is 5.41 Å². The first-order chi connectivity index (χ1) is 5.64. The molecule has 0 saturated carbocycles. The summed E-state index contributed by atoms with van der Waals surface area (Å²) in [4.78, 5) is 12.5. The van der Waals surface area contributed by atoms with Crippen molar-refractivity contribution >= 4 is 6.29 Å². The average Bonchev–Trinajstić information content (AvgIpc) is 2.03. The molecule has 0 atom stereocenters. The Balaban J connectivity index is 2.22. The number of carbonyl (C=O) groups excluding carboxylic acids is 1. The van der Waals surface area contributed by atoms with Crippen molar-refractivity contribution in [3.8, 4) is 0 Å². The Bertz CT molecular complexity index is 144. The molecule has 1 fully saturated rings. The van der Waals surface area contributed by atoms with E-state index in [4.69, 9.17) is 0 Å². The summed E-state index contributed by atoms with van der Waals surface area (Å²) in [6, 6.07) is 0. The van der Waals surface area contributed by atoms with Gasteiger partial charge >= 0.3 is 0 Å². The Morgan fingerprint density at radius 3 is 2.42 bits per heavy atom. The Hall–Kier alpha value is -0.370. The zero-order chi connectivity index (χ0) is 9.03. The summed E-state index contributed by atoms with van der Waals surface area (Å²) in [6.45, 7) is 7.94. The number of nitrogens with zero attached hydrogens (tertiary/aromatic N) is 1. The normalized spacial score (nSPS) is 23.8. The second-order valence-corrected chi connectivity index (χ2v) is 4.46. The van der Waals surface area contributed by atoms with Gasteiger partial charge in [-0.25, -0.2) is 0 Å². The molecule has 1 aliphatic rings. The van der Waals surface area contributed by atoms with E-state index >= 15 is 0 Å². The van der Waals surface area contributed by atoms with Gasteiger partial charge in [-0.3, -0.25) is 0 Å². The van der Waals surface area contributed by atoms with Crippen LogP contribution in [-0.2, 0) is 4.79 Å². The van der Waals surface area contributed by atoms with E-state index in [1.54, 1.807) is 0 Å². The quantitative estimate of drug-likeness (QED) is 0.599. The first-order valence-corrected chi connectivity index (χ1v) is 4.80. The molecule has 0 N–H and O–H groups in total. The summed E-state index contributed by atoms with van der Waals surface area (Å²) in [6.07, 6.45) is 4.25. The van der Waals surface area contributed by atoms with Crippen LogP contribution in [0.2, 0.25) is 0 Å². The van der Waals surface area contributed by atoms with Gasteiger partial charge in [-0.05, 0) is 31.3 Å². The molecule has 0 aromatic rings. The maximum absolute atomic E-state index is 10.1. The fourth-order valence-corrected chi connectivity index (χ4v) is 1.62.